The van der Waals surface area contributed by atoms with Crippen molar-refractivity contribution in [2.24, 2.45) is 0 Å². The molecule has 1 rings (SSSR count). The molecule has 0 bridgehead atoms. The summed E-state index contributed by atoms with van der Waals surface area (Å²) in [6.45, 7) is 2.06. The van der Waals surface area contributed by atoms with Crippen LogP contribution in [0.2, 0.25) is 0 Å². The minimum Gasteiger partial charge on any atom is -0.373 e. The average Bonchev–Trinajstić information content (AvgIpc) is 2.47. The molecule has 0 aliphatic carbocycles. The van der Waals surface area contributed by atoms with Gasteiger partial charge in [0.25, 0.3) is 0 Å². The Labute approximate surface area is 70.9 Å². The molecule has 5 nitrogen and oxygen atoms in total. The predicted octanol–water partition coefficient (Wildman–Crippen LogP) is 1.14. The van der Waals surface area contributed by atoms with Gasteiger partial charge in [-0.25, -0.2) is 0 Å². The van der Waals surface area contributed by atoms with Gasteiger partial charge in [-0.15, -0.1) is 0 Å². The van der Waals surface area contributed by atoms with E-state index in [4.69, 9.17) is 10.5 Å². The van der Waals surface area contributed by atoms with Crippen LogP contribution >= 0.6 is 0 Å². The summed E-state index contributed by atoms with van der Waals surface area (Å²) in [6, 6.07) is 0.0863. The van der Waals surface area contributed by atoms with Gasteiger partial charge in [-0.1, -0.05) is 18.5 Å². The lowest BCUT2D eigenvalue weighted by Gasteiger charge is -2.07. The molecule has 0 aromatic carbocycles. The van der Waals surface area contributed by atoms with Gasteiger partial charge in [0.2, 0.25) is 5.82 Å². The largest absolute Gasteiger partial charge is 0.373 e. The van der Waals surface area contributed by atoms with Crippen LogP contribution in [-0.2, 0) is 4.74 Å². The second kappa shape index (κ2) is 4.06. The third-order valence-corrected chi connectivity index (χ3v) is 1.58. The molecule has 1 atom stereocenters. The molecule has 1 heterocycles. The zero-order valence-electron chi connectivity index (χ0n) is 7.28. The lowest BCUT2D eigenvalue weighted by molar-refractivity contribution is 0.0854. The molecule has 1 aromatic rings. The van der Waals surface area contributed by atoms with Gasteiger partial charge in [0.1, 0.15) is 6.10 Å². The molecule has 0 spiro atoms. The molecule has 1 aromatic heterocycles. The van der Waals surface area contributed by atoms with Gasteiger partial charge >= 0.3 is 6.01 Å². The number of nitrogens with two attached hydrogens (primary N) is 1. The monoisotopic (exact) mass is 171 g/mol. The molecule has 0 radical (unpaired) electrons. The predicted molar refractivity (Wildman–Crippen MR) is 43.4 cm³/mol. The Hall–Kier alpha value is -1.10. The highest BCUT2D eigenvalue weighted by Crippen LogP contribution is 2.18. The summed E-state index contributed by atoms with van der Waals surface area (Å²) in [5.74, 6) is 0.525. The molecule has 5 heteroatoms. The minimum absolute atomic E-state index is 0.0863. The number of aromatic nitrogens is 2. The normalized spacial score (nSPS) is 13.2. The smallest absolute Gasteiger partial charge is 0.318 e. The minimum atomic E-state index is -0.101. The van der Waals surface area contributed by atoms with Crippen molar-refractivity contribution in [1.29, 1.82) is 0 Å². The number of nitrogens with zero attached hydrogens (tertiary/aromatic N) is 2. The molecular formula is C7H13N3O2. The number of hydrogen-bond donors (Lipinski definition) is 1. The van der Waals surface area contributed by atoms with Crippen molar-refractivity contribution in [2.45, 2.75) is 25.9 Å². The van der Waals surface area contributed by atoms with Crippen molar-refractivity contribution in [3.63, 3.8) is 0 Å². The van der Waals surface area contributed by atoms with Crippen LogP contribution in [-0.4, -0.2) is 17.3 Å². The maximum atomic E-state index is 5.27. The summed E-state index contributed by atoms with van der Waals surface area (Å²) < 4.78 is 9.78. The van der Waals surface area contributed by atoms with Gasteiger partial charge in [0.05, 0.1) is 0 Å². The number of ether oxygens (including phenoxy) is 1. The van der Waals surface area contributed by atoms with Crippen LogP contribution in [0.1, 0.15) is 31.7 Å². The van der Waals surface area contributed by atoms with Gasteiger partial charge in [-0.2, -0.15) is 4.98 Å². The standard InChI is InChI=1S/C7H13N3O2/c1-3-4-5(11-2)6-9-7(8)12-10-6/h5H,3-4H2,1-2H3,(H2,8,9,10). The van der Waals surface area contributed by atoms with E-state index in [0.29, 0.717) is 5.82 Å². The summed E-state index contributed by atoms with van der Waals surface area (Å²) in [5, 5.41) is 3.67. The molecule has 0 saturated carbocycles. The first-order chi connectivity index (χ1) is 5.77. The average molecular weight is 171 g/mol. The topological polar surface area (TPSA) is 74.2 Å². The summed E-state index contributed by atoms with van der Waals surface area (Å²) >= 11 is 0. The lowest BCUT2D eigenvalue weighted by atomic mass is 10.2. The van der Waals surface area contributed by atoms with Crippen LogP contribution in [0, 0.1) is 0 Å². The summed E-state index contributed by atoms with van der Waals surface area (Å²) in [4.78, 5) is 3.88. The van der Waals surface area contributed by atoms with Crippen LogP contribution in [0.5, 0.6) is 0 Å². The highest BCUT2D eigenvalue weighted by molar-refractivity contribution is 5.08. The SMILES string of the molecule is CCCC(OC)c1noc(N)n1. The van der Waals surface area contributed by atoms with Crippen LogP contribution in [0.4, 0.5) is 6.01 Å². The van der Waals surface area contributed by atoms with Gasteiger partial charge < -0.3 is 15.0 Å². The molecule has 0 amide bonds. The second-order valence-corrected chi connectivity index (χ2v) is 2.50. The molecule has 68 valence electrons. The fourth-order valence-electron chi connectivity index (χ4n) is 0.993. The Morgan fingerprint density at radius 1 is 1.67 bits per heavy atom. The van der Waals surface area contributed by atoms with Crippen molar-refractivity contribution in [3.8, 4) is 0 Å². The number of rotatable bonds is 4. The van der Waals surface area contributed by atoms with Crippen molar-refractivity contribution in [3.05, 3.63) is 5.82 Å². The van der Waals surface area contributed by atoms with Crippen molar-refractivity contribution < 1.29 is 9.26 Å². The summed E-state index contributed by atoms with van der Waals surface area (Å²) in [5.41, 5.74) is 5.27. The van der Waals surface area contributed by atoms with Crippen molar-refractivity contribution in [1.82, 2.24) is 10.1 Å². The van der Waals surface area contributed by atoms with E-state index in [1.54, 1.807) is 7.11 Å². The van der Waals surface area contributed by atoms with E-state index in [0.717, 1.165) is 12.8 Å². The van der Waals surface area contributed by atoms with Crippen molar-refractivity contribution >= 4 is 6.01 Å². The Morgan fingerprint density at radius 2 is 2.42 bits per heavy atom. The maximum absolute atomic E-state index is 5.27. The zero-order valence-corrected chi connectivity index (χ0v) is 7.28. The number of methoxy groups -OCH3 is 1. The van der Waals surface area contributed by atoms with E-state index in [1.165, 1.54) is 0 Å². The number of nitrogen functional groups attached to an aromatic ring is 1. The first-order valence-electron chi connectivity index (χ1n) is 3.89. The second-order valence-electron chi connectivity index (χ2n) is 2.50. The molecule has 2 N–H and O–H groups in total. The van der Waals surface area contributed by atoms with Gasteiger partial charge in [-0.05, 0) is 6.42 Å². The summed E-state index contributed by atoms with van der Waals surface area (Å²) in [6.07, 6.45) is 1.78. The Morgan fingerprint density at radius 3 is 2.83 bits per heavy atom. The summed E-state index contributed by atoms with van der Waals surface area (Å²) in [7, 11) is 1.62. The third-order valence-electron chi connectivity index (χ3n) is 1.58. The van der Waals surface area contributed by atoms with Crippen molar-refractivity contribution in [2.75, 3.05) is 12.8 Å². The highest BCUT2D eigenvalue weighted by atomic mass is 16.5. The van der Waals surface area contributed by atoms with E-state index in [-0.39, 0.29) is 12.1 Å². The quantitative estimate of drug-likeness (QED) is 0.735. The molecule has 1 unspecified atom stereocenters. The van der Waals surface area contributed by atoms with Crippen LogP contribution in [0.3, 0.4) is 0 Å². The Kier molecular flexibility index (Phi) is 3.04. The van der Waals surface area contributed by atoms with Gasteiger partial charge in [0.15, 0.2) is 0 Å². The molecule has 12 heavy (non-hydrogen) atoms. The highest BCUT2D eigenvalue weighted by Gasteiger charge is 2.15. The van der Waals surface area contributed by atoms with E-state index in [2.05, 4.69) is 21.6 Å². The molecule has 0 fully saturated rings. The van der Waals surface area contributed by atoms with Crippen LogP contribution in [0.15, 0.2) is 4.52 Å². The first kappa shape index (κ1) is 8.99. The van der Waals surface area contributed by atoms with Crippen LogP contribution in [0.25, 0.3) is 0 Å². The fourth-order valence-corrected chi connectivity index (χ4v) is 0.993. The number of hydrogen-bond acceptors (Lipinski definition) is 5. The van der Waals surface area contributed by atoms with Crippen LogP contribution < -0.4 is 5.73 Å². The first-order valence-corrected chi connectivity index (χ1v) is 3.89. The fraction of sp³-hybridized carbons (Fsp3) is 0.714. The zero-order chi connectivity index (χ0) is 8.97. The molecule has 0 saturated heterocycles. The van der Waals surface area contributed by atoms with E-state index in [1.807, 2.05) is 0 Å². The molecular weight excluding hydrogens is 158 g/mol. The maximum Gasteiger partial charge on any atom is 0.318 e. The Bertz CT molecular complexity index is 236. The Balaban J connectivity index is 2.66. The lowest BCUT2D eigenvalue weighted by Crippen LogP contribution is -2.03. The van der Waals surface area contributed by atoms with E-state index >= 15 is 0 Å². The van der Waals surface area contributed by atoms with E-state index in [9.17, 15) is 0 Å². The third kappa shape index (κ3) is 1.94. The van der Waals surface area contributed by atoms with Gasteiger partial charge in [0, 0.05) is 7.11 Å². The number of anilines is 1. The molecule has 0 aliphatic rings. The molecule has 0 aliphatic heterocycles. The van der Waals surface area contributed by atoms with E-state index < -0.39 is 0 Å². The van der Waals surface area contributed by atoms with Gasteiger partial charge in [-0.3, -0.25) is 0 Å².